The fourth-order valence-corrected chi connectivity index (χ4v) is 2.20. The maximum absolute atomic E-state index is 11.7. The van der Waals surface area contributed by atoms with Gasteiger partial charge in [-0.25, -0.2) is 4.79 Å². The van der Waals surface area contributed by atoms with Gasteiger partial charge in [0.15, 0.2) is 0 Å². The zero-order valence-corrected chi connectivity index (χ0v) is 9.42. The highest BCUT2D eigenvalue weighted by Crippen LogP contribution is 2.16. The maximum Gasteiger partial charge on any atom is 0.346 e. The molecule has 0 unspecified atom stereocenters. The van der Waals surface area contributed by atoms with E-state index in [4.69, 9.17) is 11.8 Å². The summed E-state index contributed by atoms with van der Waals surface area (Å²) < 4.78 is 23.5. The minimum absolute atomic E-state index is 0.0383. The quantitative estimate of drug-likeness (QED) is 0.799. The van der Waals surface area contributed by atoms with Gasteiger partial charge in [-0.05, 0) is 12.1 Å². The number of nitrogens with zero attached hydrogens (tertiary/aromatic N) is 1. The average molecular weight is 249 g/mol. The van der Waals surface area contributed by atoms with Gasteiger partial charge in [-0.1, -0.05) is 18.2 Å². The topological polar surface area (TPSA) is 66.5 Å². The summed E-state index contributed by atoms with van der Waals surface area (Å²) in [5.74, 6) is 0. The zero-order chi connectivity index (χ0) is 11.5. The molecule has 15 heavy (non-hydrogen) atoms. The number of benzene rings is 1. The Kier molecular flexibility index (Phi) is 3.54. The Labute approximate surface area is 92.8 Å². The van der Waals surface area contributed by atoms with E-state index in [1.807, 2.05) is 0 Å². The molecule has 0 atom stereocenters. The highest BCUT2D eigenvalue weighted by atomic mass is 35.5. The molecule has 0 saturated heterocycles. The molecular formula is C8H9ClN2O3S. The first-order valence-corrected chi connectivity index (χ1v) is 5.76. The van der Waals surface area contributed by atoms with Crippen LogP contribution in [0.5, 0.6) is 0 Å². The number of nitrogens with one attached hydrogen (secondary N) is 1. The van der Waals surface area contributed by atoms with Crippen LogP contribution in [0.25, 0.3) is 0 Å². The molecule has 0 aliphatic carbocycles. The van der Waals surface area contributed by atoms with Gasteiger partial charge in [-0.3, -0.25) is 0 Å². The van der Waals surface area contributed by atoms with E-state index >= 15 is 0 Å². The molecule has 0 aromatic heterocycles. The van der Waals surface area contributed by atoms with E-state index in [-0.39, 0.29) is 8.72 Å². The third-order valence-corrected chi connectivity index (χ3v) is 3.78. The standard InChI is InChI=1S/C8H9ClN2O3S/c1-10-8(12)11(9)15(13,14)7-5-3-2-4-6-7/h2-6H,1H3,(H,10,12). The molecule has 0 radical (unpaired) electrons. The zero-order valence-electron chi connectivity index (χ0n) is 7.84. The lowest BCUT2D eigenvalue weighted by Crippen LogP contribution is -2.35. The summed E-state index contributed by atoms with van der Waals surface area (Å²) in [6.45, 7) is 0. The smallest absolute Gasteiger partial charge is 0.339 e. The number of rotatable bonds is 2. The average Bonchev–Trinajstić information content (AvgIpc) is 2.28. The lowest BCUT2D eigenvalue weighted by Gasteiger charge is -2.13. The molecule has 0 fully saturated rings. The summed E-state index contributed by atoms with van der Waals surface area (Å²) in [6.07, 6.45) is 0. The predicted molar refractivity (Wildman–Crippen MR) is 55.8 cm³/mol. The largest absolute Gasteiger partial charge is 0.346 e. The highest BCUT2D eigenvalue weighted by Gasteiger charge is 2.26. The Hall–Kier alpha value is -1.27. The number of sulfonamides is 1. The fourth-order valence-electron chi connectivity index (χ4n) is 0.882. The van der Waals surface area contributed by atoms with E-state index in [2.05, 4.69) is 5.32 Å². The predicted octanol–water partition coefficient (Wildman–Crippen LogP) is 1.17. The molecule has 1 aromatic rings. The lowest BCUT2D eigenvalue weighted by molar-refractivity contribution is 0.238. The van der Waals surface area contributed by atoms with E-state index in [0.717, 1.165) is 0 Å². The van der Waals surface area contributed by atoms with Gasteiger partial charge in [0.25, 0.3) is 10.0 Å². The number of hydrogen-bond donors (Lipinski definition) is 1. The van der Waals surface area contributed by atoms with Crippen molar-refractivity contribution in [3.8, 4) is 0 Å². The molecule has 7 heteroatoms. The van der Waals surface area contributed by atoms with Gasteiger partial charge >= 0.3 is 6.03 Å². The first-order valence-electron chi connectivity index (χ1n) is 3.98. The van der Waals surface area contributed by atoms with Crippen molar-refractivity contribution in [1.29, 1.82) is 0 Å². The molecule has 1 N–H and O–H groups in total. The molecule has 0 bridgehead atoms. The van der Waals surface area contributed by atoms with Crippen LogP contribution in [0.4, 0.5) is 4.79 Å². The van der Waals surface area contributed by atoms with Crippen LogP contribution in [0.15, 0.2) is 35.2 Å². The Bertz CT molecular complexity index is 446. The summed E-state index contributed by atoms with van der Waals surface area (Å²) in [5.41, 5.74) is 0. The van der Waals surface area contributed by atoms with Crippen LogP contribution >= 0.6 is 11.8 Å². The Morgan fingerprint density at radius 3 is 2.33 bits per heavy atom. The summed E-state index contributed by atoms with van der Waals surface area (Å²) in [6, 6.07) is 6.56. The van der Waals surface area contributed by atoms with E-state index < -0.39 is 16.1 Å². The van der Waals surface area contributed by atoms with E-state index in [9.17, 15) is 13.2 Å². The second-order valence-corrected chi connectivity index (χ2v) is 4.91. The first-order chi connectivity index (χ1) is 7.00. The summed E-state index contributed by atoms with van der Waals surface area (Å²) in [5, 5.41) is 2.12. The molecule has 1 rings (SSSR count). The third-order valence-electron chi connectivity index (χ3n) is 1.63. The van der Waals surface area contributed by atoms with Crippen molar-refractivity contribution in [2.75, 3.05) is 7.05 Å². The van der Waals surface area contributed by atoms with Crippen LogP contribution in [0.1, 0.15) is 0 Å². The number of urea groups is 1. The van der Waals surface area contributed by atoms with Gasteiger partial charge in [0.1, 0.15) is 0 Å². The Morgan fingerprint density at radius 2 is 1.87 bits per heavy atom. The number of hydrogen-bond acceptors (Lipinski definition) is 3. The second kappa shape index (κ2) is 4.50. The highest BCUT2D eigenvalue weighted by molar-refractivity contribution is 7.90. The molecule has 0 spiro atoms. The third kappa shape index (κ3) is 2.40. The van der Waals surface area contributed by atoms with Gasteiger partial charge < -0.3 is 5.32 Å². The molecule has 0 heterocycles. The molecule has 82 valence electrons. The molecule has 0 aliphatic rings. The van der Waals surface area contributed by atoms with Crippen LogP contribution in [0, 0.1) is 0 Å². The number of carbonyl (C=O) groups excluding carboxylic acids is 1. The molecule has 0 aliphatic heterocycles. The molecule has 0 saturated carbocycles. The van der Waals surface area contributed by atoms with E-state index in [0.29, 0.717) is 0 Å². The normalized spacial score (nSPS) is 10.8. The first kappa shape index (κ1) is 11.8. The molecule has 2 amide bonds. The summed E-state index contributed by atoms with van der Waals surface area (Å²) >= 11 is 5.39. The minimum atomic E-state index is -3.96. The van der Waals surface area contributed by atoms with Crippen molar-refractivity contribution in [2.45, 2.75) is 4.90 Å². The van der Waals surface area contributed by atoms with Crippen molar-refractivity contribution in [3.63, 3.8) is 0 Å². The molecular weight excluding hydrogens is 240 g/mol. The maximum atomic E-state index is 11.7. The van der Waals surface area contributed by atoms with Crippen molar-refractivity contribution < 1.29 is 13.2 Å². The van der Waals surface area contributed by atoms with Crippen LogP contribution in [0.3, 0.4) is 0 Å². The number of amides is 2. The monoisotopic (exact) mass is 248 g/mol. The van der Waals surface area contributed by atoms with Gasteiger partial charge in [-0.15, -0.1) is 3.82 Å². The van der Waals surface area contributed by atoms with Gasteiger partial charge in [-0.2, -0.15) is 8.42 Å². The summed E-state index contributed by atoms with van der Waals surface area (Å²) in [7, 11) is -2.67. The van der Waals surface area contributed by atoms with Crippen LogP contribution in [-0.2, 0) is 10.0 Å². The van der Waals surface area contributed by atoms with E-state index in [1.54, 1.807) is 18.2 Å². The molecule has 1 aromatic carbocycles. The Morgan fingerprint density at radius 1 is 1.33 bits per heavy atom. The van der Waals surface area contributed by atoms with Crippen LogP contribution in [-0.4, -0.2) is 25.3 Å². The van der Waals surface area contributed by atoms with Crippen molar-refractivity contribution in [2.24, 2.45) is 0 Å². The van der Waals surface area contributed by atoms with Gasteiger partial charge in [0.2, 0.25) is 0 Å². The van der Waals surface area contributed by atoms with Gasteiger partial charge in [0.05, 0.1) is 4.90 Å². The second-order valence-electron chi connectivity index (χ2n) is 2.59. The lowest BCUT2D eigenvalue weighted by atomic mass is 10.4. The van der Waals surface area contributed by atoms with E-state index in [1.165, 1.54) is 19.2 Å². The molecule has 5 nitrogen and oxygen atoms in total. The fraction of sp³-hybridized carbons (Fsp3) is 0.125. The SMILES string of the molecule is CNC(=O)N(Cl)S(=O)(=O)c1ccccc1. The van der Waals surface area contributed by atoms with Gasteiger partial charge in [0, 0.05) is 18.8 Å². The number of carbonyl (C=O) groups is 1. The Balaban J connectivity index is 3.09. The van der Waals surface area contributed by atoms with Crippen molar-refractivity contribution in [1.82, 2.24) is 9.14 Å². The minimum Gasteiger partial charge on any atom is -0.339 e. The van der Waals surface area contributed by atoms with Crippen LogP contribution in [0.2, 0.25) is 0 Å². The number of halogens is 1. The van der Waals surface area contributed by atoms with Crippen LogP contribution < -0.4 is 5.32 Å². The van der Waals surface area contributed by atoms with Crippen molar-refractivity contribution in [3.05, 3.63) is 30.3 Å². The van der Waals surface area contributed by atoms with Crippen molar-refractivity contribution >= 4 is 27.8 Å². The summed E-state index contributed by atoms with van der Waals surface area (Å²) in [4.78, 5) is 11.0.